The number of rotatable bonds is 6. The molecule has 0 aliphatic rings. The largest absolute Gasteiger partial charge is 0.459 e. The number of esters is 1. The molecular weight excluding hydrogens is 407 g/mol. The number of amides is 1. The van der Waals surface area contributed by atoms with Gasteiger partial charge in [0.05, 0.1) is 4.92 Å². The Morgan fingerprint density at radius 3 is 2.46 bits per heavy atom. The van der Waals surface area contributed by atoms with Crippen molar-refractivity contribution in [3.63, 3.8) is 0 Å². The monoisotopic (exact) mass is 416 g/mol. The summed E-state index contributed by atoms with van der Waals surface area (Å²) in [5, 5.41) is 13.8. The first-order chi connectivity index (χ1) is 12.3. The topological polar surface area (TPSA) is 98.5 Å². The van der Waals surface area contributed by atoms with E-state index in [0.29, 0.717) is 15.6 Å². The third kappa shape index (κ3) is 5.32. The van der Waals surface area contributed by atoms with E-state index in [2.05, 4.69) is 5.32 Å². The Balaban J connectivity index is 1.89. The van der Waals surface area contributed by atoms with Crippen LogP contribution in [0.3, 0.4) is 0 Å². The van der Waals surface area contributed by atoms with Crippen LogP contribution < -0.4 is 5.32 Å². The number of benzene rings is 2. The third-order valence-electron chi connectivity index (χ3n) is 3.20. The Morgan fingerprint density at radius 1 is 1.08 bits per heavy atom. The van der Waals surface area contributed by atoms with Crippen LogP contribution >= 0.6 is 34.8 Å². The Hall–Kier alpha value is -2.35. The van der Waals surface area contributed by atoms with Gasteiger partial charge in [0, 0.05) is 27.2 Å². The van der Waals surface area contributed by atoms with Gasteiger partial charge in [-0.2, -0.15) is 0 Å². The minimum absolute atomic E-state index is 0.00496. The number of ether oxygens (including phenoxy) is 1. The lowest BCUT2D eigenvalue weighted by Crippen LogP contribution is -2.30. The summed E-state index contributed by atoms with van der Waals surface area (Å²) in [6.07, 6.45) is 0. The maximum atomic E-state index is 12.0. The van der Waals surface area contributed by atoms with Gasteiger partial charge < -0.3 is 10.1 Å². The molecule has 0 aromatic heterocycles. The van der Waals surface area contributed by atoms with Crippen LogP contribution in [0.2, 0.25) is 15.1 Å². The Morgan fingerprint density at radius 2 is 1.81 bits per heavy atom. The van der Waals surface area contributed by atoms with Gasteiger partial charge in [-0.05, 0) is 24.3 Å². The second kappa shape index (κ2) is 8.84. The molecule has 0 atom stereocenters. The fraction of sp³-hybridized carbons (Fsp3) is 0.125. The molecule has 2 aromatic rings. The molecule has 0 spiro atoms. The van der Waals surface area contributed by atoms with Crippen molar-refractivity contribution in [1.29, 1.82) is 0 Å². The van der Waals surface area contributed by atoms with Gasteiger partial charge in [0.25, 0.3) is 11.6 Å². The maximum Gasteiger partial charge on any atom is 0.325 e. The highest BCUT2D eigenvalue weighted by molar-refractivity contribution is 6.35. The van der Waals surface area contributed by atoms with E-state index in [-0.39, 0.29) is 17.2 Å². The minimum Gasteiger partial charge on any atom is -0.459 e. The quantitative estimate of drug-likeness (QED) is 0.435. The van der Waals surface area contributed by atoms with Gasteiger partial charge in [-0.1, -0.05) is 40.9 Å². The average Bonchev–Trinajstić information content (AvgIpc) is 2.59. The number of carbonyl (C=O) groups excluding carboxylic acids is 2. The highest BCUT2D eigenvalue weighted by Gasteiger charge is 2.17. The summed E-state index contributed by atoms with van der Waals surface area (Å²) < 4.78 is 5.01. The summed E-state index contributed by atoms with van der Waals surface area (Å²) in [6.45, 7) is -0.502. The predicted molar refractivity (Wildman–Crippen MR) is 96.7 cm³/mol. The lowest BCUT2D eigenvalue weighted by molar-refractivity contribution is -0.384. The predicted octanol–water partition coefficient (Wildman–Crippen LogP) is 4.03. The molecule has 0 saturated carbocycles. The molecule has 2 aromatic carbocycles. The molecule has 0 unspecified atom stereocenters. The van der Waals surface area contributed by atoms with Crippen LogP contribution in [0.15, 0.2) is 36.4 Å². The number of nitro groups is 1. The van der Waals surface area contributed by atoms with Gasteiger partial charge >= 0.3 is 5.97 Å². The molecule has 26 heavy (non-hydrogen) atoms. The highest BCUT2D eigenvalue weighted by atomic mass is 35.5. The van der Waals surface area contributed by atoms with Gasteiger partial charge in [-0.25, -0.2) is 0 Å². The van der Waals surface area contributed by atoms with Gasteiger partial charge in [0.1, 0.15) is 18.2 Å². The van der Waals surface area contributed by atoms with Crippen LogP contribution in [-0.4, -0.2) is 23.3 Å². The number of halogens is 3. The van der Waals surface area contributed by atoms with Crippen LogP contribution in [-0.2, 0) is 16.1 Å². The van der Waals surface area contributed by atoms with Crippen molar-refractivity contribution in [3.8, 4) is 0 Å². The molecule has 0 bridgehead atoms. The zero-order valence-electron chi connectivity index (χ0n) is 13.0. The van der Waals surface area contributed by atoms with Gasteiger partial charge in [-0.15, -0.1) is 0 Å². The first kappa shape index (κ1) is 20.0. The summed E-state index contributed by atoms with van der Waals surface area (Å²) in [5.74, 6) is -1.38. The summed E-state index contributed by atoms with van der Waals surface area (Å²) in [5.41, 5.74) is 0.151. The first-order valence-electron chi connectivity index (χ1n) is 7.09. The standard InChI is InChI=1S/C16H11Cl3N2O5/c17-11-3-1-10(13(19)6-11)8-26-15(22)7-20-16(23)9-2-4-12(18)14(5-9)21(24)25/h1-6H,7-8H2,(H,20,23). The smallest absolute Gasteiger partial charge is 0.325 e. The molecule has 2 rings (SSSR count). The molecule has 1 amide bonds. The highest BCUT2D eigenvalue weighted by Crippen LogP contribution is 2.25. The third-order valence-corrected chi connectivity index (χ3v) is 4.11. The lowest BCUT2D eigenvalue weighted by Gasteiger charge is -2.08. The fourth-order valence-corrected chi connectivity index (χ4v) is 2.55. The molecule has 0 radical (unpaired) electrons. The molecule has 0 heterocycles. The number of hydrogen-bond donors (Lipinski definition) is 1. The SMILES string of the molecule is O=C(CNC(=O)c1ccc(Cl)c([N+](=O)[O-])c1)OCc1ccc(Cl)cc1Cl. The lowest BCUT2D eigenvalue weighted by atomic mass is 10.2. The zero-order chi connectivity index (χ0) is 19.3. The molecule has 0 saturated heterocycles. The van der Waals surface area contributed by atoms with E-state index in [1.165, 1.54) is 18.2 Å². The van der Waals surface area contributed by atoms with E-state index < -0.39 is 29.0 Å². The van der Waals surface area contributed by atoms with Crippen molar-refractivity contribution in [3.05, 3.63) is 72.7 Å². The van der Waals surface area contributed by atoms with Gasteiger partial charge in [-0.3, -0.25) is 19.7 Å². The normalized spacial score (nSPS) is 10.3. The van der Waals surface area contributed by atoms with Crippen molar-refractivity contribution in [2.45, 2.75) is 6.61 Å². The molecule has 136 valence electrons. The number of nitrogens with zero attached hydrogens (tertiary/aromatic N) is 1. The van der Waals surface area contributed by atoms with Crippen LogP contribution in [0, 0.1) is 10.1 Å². The second-order valence-electron chi connectivity index (χ2n) is 5.00. The van der Waals surface area contributed by atoms with E-state index in [0.717, 1.165) is 6.07 Å². The number of carbonyl (C=O) groups is 2. The number of nitrogens with one attached hydrogen (secondary N) is 1. The summed E-state index contributed by atoms with van der Waals surface area (Å²) >= 11 is 17.4. The second-order valence-corrected chi connectivity index (χ2v) is 6.25. The van der Waals surface area contributed by atoms with Crippen LogP contribution in [0.1, 0.15) is 15.9 Å². The summed E-state index contributed by atoms with van der Waals surface area (Å²) in [6, 6.07) is 8.30. The number of nitro benzene ring substituents is 1. The molecule has 0 fully saturated rings. The molecule has 0 aliphatic heterocycles. The molecule has 10 heteroatoms. The van der Waals surface area contributed by atoms with Crippen molar-refractivity contribution >= 4 is 52.4 Å². The Kier molecular flexibility index (Phi) is 6.79. The minimum atomic E-state index is -0.705. The average molecular weight is 418 g/mol. The van der Waals surface area contributed by atoms with E-state index in [1.54, 1.807) is 12.1 Å². The summed E-state index contributed by atoms with van der Waals surface area (Å²) in [4.78, 5) is 33.8. The van der Waals surface area contributed by atoms with Gasteiger partial charge in [0.15, 0.2) is 0 Å². The molecular formula is C16H11Cl3N2O5. The van der Waals surface area contributed by atoms with Crippen molar-refractivity contribution in [2.24, 2.45) is 0 Å². The molecule has 7 nitrogen and oxygen atoms in total. The van der Waals surface area contributed by atoms with Crippen LogP contribution in [0.25, 0.3) is 0 Å². The first-order valence-corrected chi connectivity index (χ1v) is 8.23. The molecule has 0 aliphatic carbocycles. The maximum absolute atomic E-state index is 12.0. The van der Waals surface area contributed by atoms with Crippen LogP contribution in [0.4, 0.5) is 5.69 Å². The van der Waals surface area contributed by atoms with E-state index in [1.807, 2.05) is 0 Å². The van der Waals surface area contributed by atoms with Crippen molar-refractivity contribution in [1.82, 2.24) is 5.32 Å². The Bertz CT molecular complexity index is 873. The fourth-order valence-electron chi connectivity index (χ4n) is 1.90. The van der Waals surface area contributed by atoms with Crippen LogP contribution in [0.5, 0.6) is 0 Å². The van der Waals surface area contributed by atoms with Crippen molar-refractivity contribution < 1.29 is 19.2 Å². The van der Waals surface area contributed by atoms with E-state index in [4.69, 9.17) is 39.5 Å². The molecule has 1 N–H and O–H groups in total. The summed E-state index contributed by atoms with van der Waals surface area (Å²) in [7, 11) is 0. The van der Waals surface area contributed by atoms with Crippen molar-refractivity contribution in [2.75, 3.05) is 6.54 Å². The van der Waals surface area contributed by atoms with E-state index in [9.17, 15) is 19.7 Å². The van der Waals surface area contributed by atoms with E-state index >= 15 is 0 Å². The zero-order valence-corrected chi connectivity index (χ0v) is 15.3. The Labute approximate surface area is 162 Å². The van der Waals surface area contributed by atoms with Gasteiger partial charge in [0.2, 0.25) is 0 Å². The number of hydrogen-bond acceptors (Lipinski definition) is 5.